The van der Waals surface area contributed by atoms with Gasteiger partial charge in [-0.3, -0.25) is 9.36 Å². The highest BCUT2D eigenvalue weighted by molar-refractivity contribution is 6.33. The number of carbonyl (C=O) groups excluding carboxylic acids is 2. The van der Waals surface area contributed by atoms with E-state index < -0.39 is 30.4 Å². The average Bonchev–Trinajstić information content (AvgIpc) is 3.31. The van der Waals surface area contributed by atoms with Crippen LogP contribution in [-0.2, 0) is 19.0 Å². The van der Waals surface area contributed by atoms with Crippen molar-refractivity contribution >= 4 is 34.7 Å². The maximum Gasteiger partial charge on any atom is 0.338 e. The third kappa shape index (κ3) is 4.06. The molecule has 29 heavy (non-hydrogen) atoms. The van der Waals surface area contributed by atoms with Gasteiger partial charge in [-0.05, 0) is 12.1 Å². The van der Waals surface area contributed by atoms with Crippen LogP contribution in [0.4, 0.5) is 0 Å². The second-order valence-corrected chi connectivity index (χ2v) is 6.84. The van der Waals surface area contributed by atoms with Crippen molar-refractivity contribution in [3.8, 4) is 0 Å². The fourth-order valence-corrected chi connectivity index (χ4v) is 3.40. The number of rotatable bonds is 5. The molecule has 0 bridgehead atoms. The molecule has 1 aliphatic heterocycles. The largest absolute Gasteiger partial charge is 0.459 e. The first-order valence-electron chi connectivity index (χ1n) is 8.91. The molecule has 1 aliphatic rings. The predicted octanol–water partition coefficient (Wildman–Crippen LogP) is 2.56. The molecule has 0 unspecified atom stereocenters. The maximum atomic E-state index is 12.2. The van der Waals surface area contributed by atoms with Gasteiger partial charge in [0.2, 0.25) is 0 Å². The van der Waals surface area contributed by atoms with E-state index in [0.717, 1.165) is 0 Å². The molecule has 0 amide bonds. The summed E-state index contributed by atoms with van der Waals surface area (Å²) >= 11 is 6.06. The van der Waals surface area contributed by atoms with Crippen molar-refractivity contribution in [3.05, 3.63) is 53.7 Å². The fourth-order valence-electron chi connectivity index (χ4n) is 3.22. The molecule has 0 spiro atoms. The van der Waals surface area contributed by atoms with Crippen LogP contribution in [0.2, 0.25) is 5.15 Å². The molecule has 0 N–H and O–H groups in total. The summed E-state index contributed by atoms with van der Waals surface area (Å²) in [6.45, 7) is 1.34. The molecule has 0 radical (unpaired) electrons. The fraction of sp³-hybridized carbons (Fsp3) is 0.316. The van der Waals surface area contributed by atoms with E-state index in [-0.39, 0.29) is 11.8 Å². The Morgan fingerprint density at radius 3 is 2.79 bits per heavy atom. The van der Waals surface area contributed by atoms with Crippen molar-refractivity contribution < 1.29 is 23.8 Å². The highest BCUT2D eigenvalue weighted by Gasteiger charge is 2.40. The van der Waals surface area contributed by atoms with Gasteiger partial charge in [0.05, 0.1) is 18.0 Å². The van der Waals surface area contributed by atoms with Crippen molar-refractivity contribution in [1.82, 2.24) is 19.5 Å². The number of fused-ring (bicyclic) bond motifs is 1. The molecular weight excluding hydrogens is 400 g/mol. The Balaban J connectivity index is 1.51. The number of hydrogen-bond acceptors (Lipinski definition) is 8. The lowest BCUT2D eigenvalue weighted by Gasteiger charge is -2.19. The van der Waals surface area contributed by atoms with Crippen LogP contribution in [0.25, 0.3) is 11.2 Å². The first-order valence-corrected chi connectivity index (χ1v) is 9.28. The topological polar surface area (TPSA) is 105 Å². The Labute approximate surface area is 170 Å². The number of imidazole rings is 1. The van der Waals surface area contributed by atoms with E-state index in [2.05, 4.69) is 15.0 Å². The van der Waals surface area contributed by atoms with E-state index >= 15 is 0 Å². The van der Waals surface area contributed by atoms with Crippen LogP contribution >= 0.6 is 11.6 Å². The molecule has 3 aromatic rings. The molecule has 150 valence electrons. The number of benzene rings is 1. The van der Waals surface area contributed by atoms with Gasteiger partial charge in [0, 0.05) is 13.3 Å². The lowest BCUT2D eigenvalue weighted by atomic mass is 10.2. The highest BCUT2D eigenvalue weighted by atomic mass is 35.5. The maximum absolute atomic E-state index is 12.2. The Kier molecular flexibility index (Phi) is 5.41. The average molecular weight is 417 g/mol. The monoisotopic (exact) mass is 416 g/mol. The van der Waals surface area contributed by atoms with E-state index in [4.69, 9.17) is 25.8 Å². The van der Waals surface area contributed by atoms with Gasteiger partial charge in [0.1, 0.15) is 24.6 Å². The van der Waals surface area contributed by atoms with Gasteiger partial charge in [0.15, 0.2) is 17.0 Å². The quantitative estimate of drug-likeness (QED) is 0.461. The zero-order valence-electron chi connectivity index (χ0n) is 15.4. The van der Waals surface area contributed by atoms with Crippen LogP contribution in [-0.4, -0.2) is 50.3 Å². The Bertz CT molecular complexity index is 1040. The molecule has 4 rings (SSSR count). The first-order chi connectivity index (χ1) is 14.0. The van der Waals surface area contributed by atoms with Crippen molar-refractivity contribution in [3.63, 3.8) is 0 Å². The third-order valence-corrected chi connectivity index (χ3v) is 4.74. The van der Waals surface area contributed by atoms with Gasteiger partial charge >= 0.3 is 11.9 Å². The summed E-state index contributed by atoms with van der Waals surface area (Å²) < 4.78 is 18.4. The van der Waals surface area contributed by atoms with E-state index in [9.17, 15) is 9.59 Å². The van der Waals surface area contributed by atoms with Gasteiger partial charge in [-0.15, -0.1) is 0 Å². The summed E-state index contributed by atoms with van der Waals surface area (Å²) in [6.07, 6.45) is 1.42. The molecule has 2 aromatic heterocycles. The number of carbonyl (C=O) groups is 2. The second-order valence-electron chi connectivity index (χ2n) is 6.49. The molecular formula is C19H17ClN4O5. The zero-order valence-corrected chi connectivity index (χ0v) is 16.2. The Morgan fingerprint density at radius 1 is 1.24 bits per heavy atom. The van der Waals surface area contributed by atoms with E-state index in [1.807, 2.05) is 6.07 Å². The highest BCUT2D eigenvalue weighted by Crippen LogP contribution is 2.34. The van der Waals surface area contributed by atoms with Crippen molar-refractivity contribution in [2.24, 2.45) is 0 Å². The molecule has 3 atom stereocenters. The van der Waals surface area contributed by atoms with Crippen LogP contribution in [0.5, 0.6) is 0 Å². The lowest BCUT2D eigenvalue weighted by molar-refractivity contribution is -0.152. The van der Waals surface area contributed by atoms with Gasteiger partial charge in [-0.1, -0.05) is 29.8 Å². The number of esters is 2. The summed E-state index contributed by atoms with van der Waals surface area (Å²) in [5.74, 6) is -0.892. The molecule has 0 saturated carbocycles. The van der Waals surface area contributed by atoms with Crippen LogP contribution in [0.1, 0.15) is 29.9 Å². The number of hydrogen-bond donors (Lipinski definition) is 0. The van der Waals surface area contributed by atoms with Gasteiger partial charge in [-0.2, -0.15) is 0 Å². The lowest BCUT2D eigenvalue weighted by Crippen LogP contribution is -2.24. The minimum atomic E-state index is -0.685. The number of halogens is 1. The van der Waals surface area contributed by atoms with Crippen LogP contribution < -0.4 is 0 Å². The smallest absolute Gasteiger partial charge is 0.338 e. The first kappa shape index (κ1) is 19.3. The van der Waals surface area contributed by atoms with E-state index in [1.54, 1.807) is 28.8 Å². The summed E-state index contributed by atoms with van der Waals surface area (Å²) in [4.78, 5) is 36.0. The molecule has 9 nitrogen and oxygen atoms in total. The Morgan fingerprint density at radius 2 is 2.03 bits per heavy atom. The van der Waals surface area contributed by atoms with Gasteiger partial charge in [0.25, 0.3) is 0 Å². The van der Waals surface area contributed by atoms with E-state index in [1.165, 1.54) is 19.6 Å². The molecule has 0 aliphatic carbocycles. The SMILES string of the molecule is CC(=O)O[C@@H]1C[C@@H](COC(=O)c2ccccc2)O[C@H]1n1cnc2c(Cl)ncnc21. The summed E-state index contributed by atoms with van der Waals surface area (Å²) in [5.41, 5.74) is 1.32. The summed E-state index contributed by atoms with van der Waals surface area (Å²) in [5, 5.41) is 0.212. The number of aromatic nitrogens is 4. The zero-order chi connectivity index (χ0) is 20.4. The van der Waals surface area contributed by atoms with E-state index in [0.29, 0.717) is 23.1 Å². The molecule has 10 heteroatoms. The van der Waals surface area contributed by atoms with Crippen molar-refractivity contribution in [1.29, 1.82) is 0 Å². The summed E-state index contributed by atoms with van der Waals surface area (Å²) in [6, 6.07) is 8.67. The van der Waals surface area contributed by atoms with Crippen molar-refractivity contribution in [2.45, 2.75) is 31.8 Å². The minimum Gasteiger partial charge on any atom is -0.459 e. The van der Waals surface area contributed by atoms with Gasteiger partial charge < -0.3 is 14.2 Å². The second kappa shape index (κ2) is 8.14. The summed E-state index contributed by atoms with van der Waals surface area (Å²) in [7, 11) is 0. The molecule has 1 aromatic carbocycles. The predicted molar refractivity (Wildman–Crippen MR) is 101 cm³/mol. The van der Waals surface area contributed by atoms with Crippen LogP contribution in [0.15, 0.2) is 43.0 Å². The minimum absolute atomic E-state index is 0.0182. The van der Waals surface area contributed by atoms with Gasteiger partial charge in [-0.25, -0.2) is 19.7 Å². The molecule has 1 saturated heterocycles. The number of nitrogens with zero attached hydrogens (tertiary/aromatic N) is 4. The molecule has 1 fully saturated rings. The molecule has 3 heterocycles. The van der Waals surface area contributed by atoms with Crippen LogP contribution in [0.3, 0.4) is 0 Å². The Hall–Kier alpha value is -3.04. The van der Waals surface area contributed by atoms with Crippen LogP contribution in [0, 0.1) is 0 Å². The normalized spacial score (nSPS) is 21.2. The van der Waals surface area contributed by atoms with Crippen molar-refractivity contribution in [2.75, 3.05) is 6.61 Å². The standard InChI is InChI=1S/C19H17ClN4O5/c1-11(25)28-14-7-13(8-27-19(26)12-5-3-2-4-6-12)29-18(14)24-10-23-15-16(20)21-9-22-17(15)24/h2-6,9-10,13-14,18H,7-8H2,1H3/t13-,14+,18+/m0/s1. The number of ether oxygens (including phenoxy) is 3. The third-order valence-electron chi connectivity index (χ3n) is 4.46.